The monoisotopic (exact) mass is 337 g/mol. The Hall–Kier alpha value is -1.14. The molecule has 6 nitrogen and oxygen atoms in total. The molecule has 0 aromatic carbocycles. The second-order valence-corrected chi connectivity index (χ2v) is 7.72. The Morgan fingerprint density at radius 1 is 1.00 bits per heavy atom. The van der Waals surface area contributed by atoms with Crippen molar-refractivity contribution in [2.24, 2.45) is 0 Å². The van der Waals surface area contributed by atoms with Crippen LogP contribution >= 0.6 is 0 Å². The zero-order chi connectivity index (χ0) is 17.2. The molecule has 0 aromatic rings. The quantitative estimate of drug-likeness (QED) is 0.802. The molecular formula is C18H31N3O3. The van der Waals surface area contributed by atoms with Crippen LogP contribution in [0.25, 0.3) is 0 Å². The molecule has 0 radical (unpaired) electrons. The Kier molecular flexibility index (Phi) is 5.45. The number of nitrogens with one attached hydrogen (secondary N) is 1. The van der Waals surface area contributed by atoms with Gasteiger partial charge in [0.2, 0.25) is 11.8 Å². The fraction of sp³-hybridized carbons (Fsp3) is 0.889. The van der Waals surface area contributed by atoms with Crippen molar-refractivity contribution in [3.63, 3.8) is 0 Å². The summed E-state index contributed by atoms with van der Waals surface area (Å²) in [6.07, 6.45) is 7.50. The molecule has 3 fully saturated rings. The Balaban J connectivity index is 1.61. The van der Waals surface area contributed by atoms with Crippen LogP contribution in [-0.4, -0.2) is 70.6 Å². The van der Waals surface area contributed by atoms with Gasteiger partial charge in [0.05, 0.1) is 6.10 Å². The molecule has 2 aliphatic carbocycles. The molecule has 1 saturated heterocycles. The minimum Gasteiger partial charge on any atom is -0.391 e. The molecule has 0 spiro atoms. The van der Waals surface area contributed by atoms with Crippen molar-refractivity contribution in [2.45, 2.75) is 76.0 Å². The molecule has 2 amide bonds. The first-order chi connectivity index (χ1) is 11.5. The molecule has 3 rings (SSSR count). The van der Waals surface area contributed by atoms with E-state index >= 15 is 0 Å². The maximum absolute atomic E-state index is 13.1. The lowest BCUT2D eigenvalue weighted by Gasteiger charge is -2.44. The van der Waals surface area contributed by atoms with Gasteiger partial charge in [-0.05, 0) is 32.1 Å². The van der Waals surface area contributed by atoms with Gasteiger partial charge < -0.3 is 15.3 Å². The van der Waals surface area contributed by atoms with Gasteiger partial charge in [-0.3, -0.25) is 14.5 Å². The van der Waals surface area contributed by atoms with Crippen LogP contribution in [0.15, 0.2) is 0 Å². The first-order valence-corrected chi connectivity index (χ1v) is 9.52. The molecule has 136 valence electrons. The third-order valence-corrected chi connectivity index (χ3v) is 6.05. The average Bonchev–Trinajstić information content (AvgIpc) is 3.00. The third kappa shape index (κ3) is 3.59. The van der Waals surface area contributed by atoms with Crippen LogP contribution in [0.5, 0.6) is 0 Å². The number of rotatable bonds is 3. The van der Waals surface area contributed by atoms with Crippen molar-refractivity contribution >= 4 is 11.8 Å². The van der Waals surface area contributed by atoms with Crippen LogP contribution < -0.4 is 5.32 Å². The number of hydrogen-bond donors (Lipinski definition) is 2. The minimum atomic E-state index is -0.681. The fourth-order valence-electron chi connectivity index (χ4n) is 4.79. The highest BCUT2D eigenvalue weighted by molar-refractivity contribution is 5.91. The normalized spacial score (nSPS) is 31.0. The zero-order valence-corrected chi connectivity index (χ0v) is 14.8. The number of aliphatic hydroxyl groups is 1. The summed E-state index contributed by atoms with van der Waals surface area (Å²) in [5.74, 6) is -0.0121. The van der Waals surface area contributed by atoms with E-state index in [1.807, 2.05) is 4.90 Å². The number of aliphatic hydroxyl groups excluding tert-OH is 1. The lowest BCUT2D eigenvalue weighted by molar-refractivity contribution is -0.145. The van der Waals surface area contributed by atoms with Gasteiger partial charge >= 0.3 is 0 Å². The smallest absolute Gasteiger partial charge is 0.248 e. The second kappa shape index (κ2) is 7.40. The second-order valence-electron chi connectivity index (χ2n) is 7.72. The Bertz CT molecular complexity index is 468. The molecule has 0 bridgehead atoms. The van der Waals surface area contributed by atoms with Crippen LogP contribution in [0.4, 0.5) is 0 Å². The largest absolute Gasteiger partial charge is 0.391 e. The van der Waals surface area contributed by atoms with Crippen LogP contribution in [0.3, 0.4) is 0 Å². The van der Waals surface area contributed by atoms with Gasteiger partial charge in [-0.15, -0.1) is 0 Å². The van der Waals surface area contributed by atoms with E-state index in [1.54, 1.807) is 0 Å². The Morgan fingerprint density at radius 2 is 1.67 bits per heavy atom. The number of nitrogens with zero attached hydrogens (tertiary/aromatic N) is 2. The number of hydrogen-bond acceptors (Lipinski definition) is 4. The van der Waals surface area contributed by atoms with E-state index in [0.717, 1.165) is 64.5 Å². The van der Waals surface area contributed by atoms with Crippen molar-refractivity contribution < 1.29 is 14.7 Å². The van der Waals surface area contributed by atoms with Crippen LogP contribution in [-0.2, 0) is 9.59 Å². The van der Waals surface area contributed by atoms with Gasteiger partial charge in [-0.2, -0.15) is 0 Å². The molecule has 0 unspecified atom stereocenters. The highest BCUT2D eigenvalue weighted by Gasteiger charge is 2.44. The van der Waals surface area contributed by atoms with E-state index in [9.17, 15) is 14.7 Å². The highest BCUT2D eigenvalue weighted by atomic mass is 16.3. The fourth-order valence-corrected chi connectivity index (χ4v) is 4.79. The summed E-state index contributed by atoms with van der Waals surface area (Å²) in [7, 11) is 0. The maximum Gasteiger partial charge on any atom is 0.248 e. The SMILES string of the molecule is CC(=O)NC1(C(=O)N2CCN([C@H]3CCC[C@@H]3O)CC2)CCCCC1. The van der Waals surface area contributed by atoms with Gasteiger partial charge in [0.1, 0.15) is 5.54 Å². The van der Waals surface area contributed by atoms with Crippen molar-refractivity contribution in [2.75, 3.05) is 26.2 Å². The summed E-state index contributed by atoms with van der Waals surface area (Å²) in [6.45, 7) is 4.54. The molecule has 3 aliphatic rings. The lowest BCUT2D eigenvalue weighted by atomic mass is 9.80. The third-order valence-electron chi connectivity index (χ3n) is 6.05. The molecule has 2 atom stereocenters. The van der Waals surface area contributed by atoms with Gasteiger partial charge in [0.25, 0.3) is 0 Å². The van der Waals surface area contributed by atoms with Gasteiger partial charge in [-0.1, -0.05) is 19.3 Å². The molecule has 6 heteroatoms. The molecule has 0 aromatic heterocycles. The predicted octanol–water partition coefficient (Wildman–Crippen LogP) is 0.883. The van der Waals surface area contributed by atoms with E-state index in [4.69, 9.17) is 0 Å². The zero-order valence-electron chi connectivity index (χ0n) is 14.8. The van der Waals surface area contributed by atoms with E-state index < -0.39 is 5.54 Å². The molecule has 24 heavy (non-hydrogen) atoms. The highest BCUT2D eigenvalue weighted by Crippen LogP contribution is 2.31. The lowest BCUT2D eigenvalue weighted by Crippen LogP contribution is -2.63. The summed E-state index contributed by atoms with van der Waals surface area (Å²) in [4.78, 5) is 29.1. The maximum atomic E-state index is 13.1. The Labute approximate surface area is 144 Å². The molecule has 2 saturated carbocycles. The van der Waals surface area contributed by atoms with Gasteiger partial charge in [0.15, 0.2) is 0 Å². The number of carbonyl (C=O) groups is 2. The summed E-state index contributed by atoms with van der Waals surface area (Å²) in [5.41, 5.74) is -0.681. The molecule has 1 aliphatic heterocycles. The molecular weight excluding hydrogens is 306 g/mol. The minimum absolute atomic E-state index is 0.101. The van der Waals surface area contributed by atoms with Crippen molar-refractivity contribution in [3.05, 3.63) is 0 Å². The van der Waals surface area contributed by atoms with Crippen molar-refractivity contribution in [1.82, 2.24) is 15.1 Å². The number of amides is 2. The van der Waals surface area contributed by atoms with Crippen LogP contribution in [0.1, 0.15) is 58.3 Å². The Morgan fingerprint density at radius 3 is 2.21 bits per heavy atom. The topological polar surface area (TPSA) is 72.9 Å². The van der Waals surface area contributed by atoms with E-state index in [2.05, 4.69) is 10.2 Å². The summed E-state index contributed by atoms with van der Waals surface area (Å²) in [6, 6.07) is 0.265. The number of carbonyl (C=O) groups excluding carboxylic acids is 2. The average molecular weight is 337 g/mol. The van der Waals surface area contributed by atoms with Gasteiger partial charge in [-0.25, -0.2) is 0 Å². The molecule has 1 heterocycles. The van der Waals surface area contributed by atoms with Crippen molar-refractivity contribution in [1.29, 1.82) is 0 Å². The predicted molar refractivity (Wildman–Crippen MR) is 91.4 cm³/mol. The summed E-state index contributed by atoms with van der Waals surface area (Å²) in [5, 5.41) is 13.1. The first kappa shape index (κ1) is 17.7. The summed E-state index contributed by atoms with van der Waals surface area (Å²) >= 11 is 0. The van der Waals surface area contributed by atoms with E-state index in [0.29, 0.717) is 13.1 Å². The number of piperazine rings is 1. The van der Waals surface area contributed by atoms with Crippen molar-refractivity contribution in [3.8, 4) is 0 Å². The first-order valence-electron chi connectivity index (χ1n) is 9.52. The van der Waals surface area contributed by atoms with Gasteiger partial charge in [0, 0.05) is 39.1 Å². The van der Waals surface area contributed by atoms with E-state index in [-0.39, 0.29) is 24.0 Å². The summed E-state index contributed by atoms with van der Waals surface area (Å²) < 4.78 is 0. The van der Waals surface area contributed by atoms with E-state index in [1.165, 1.54) is 6.92 Å². The molecule has 2 N–H and O–H groups in total. The standard InChI is InChI=1S/C18H31N3O3/c1-14(22)19-18(8-3-2-4-9-18)17(24)21-12-10-20(11-13-21)15-6-5-7-16(15)23/h15-16,23H,2-13H2,1H3,(H,19,22)/t15-,16-/m0/s1. The van der Waals surface area contributed by atoms with Crippen LogP contribution in [0, 0.1) is 0 Å². The van der Waals surface area contributed by atoms with Crippen LogP contribution in [0.2, 0.25) is 0 Å².